The van der Waals surface area contributed by atoms with Gasteiger partial charge in [-0.3, -0.25) is 9.36 Å². The van der Waals surface area contributed by atoms with E-state index in [4.69, 9.17) is 19.2 Å². The smallest absolute Gasteiger partial charge is 0.262 e. The molecule has 166 valence electrons. The van der Waals surface area contributed by atoms with Crippen molar-refractivity contribution in [3.63, 3.8) is 0 Å². The van der Waals surface area contributed by atoms with Crippen LogP contribution in [0.3, 0.4) is 0 Å². The molecule has 3 heterocycles. The molecular weight excluding hydrogens is 432 g/mol. The minimum atomic E-state index is 0.0382. The van der Waals surface area contributed by atoms with E-state index in [-0.39, 0.29) is 11.7 Å². The molecule has 0 spiro atoms. The zero-order chi connectivity index (χ0) is 21.8. The summed E-state index contributed by atoms with van der Waals surface area (Å²) >= 11 is 3.24. The van der Waals surface area contributed by atoms with E-state index in [2.05, 4.69) is 6.92 Å². The SMILES string of the molecule is CCc1cc2c(=O)n(CCc3ccc(OC)c(OC)c3)c(SC[C@H]3CCCO3)nc2s1. The van der Waals surface area contributed by atoms with E-state index >= 15 is 0 Å². The summed E-state index contributed by atoms with van der Waals surface area (Å²) in [6.45, 7) is 3.49. The Balaban J connectivity index is 1.62. The van der Waals surface area contributed by atoms with Gasteiger partial charge in [-0.05, 0) is 49.4 Å². The molecule has 1 saturated heterocycles. The Labute approximate surface area is 190 Å². The Morgan fingerprint density at radius 2 is 2.10 bits per heavy atom. The molecule has 1 atom stereocenters. The van der Waals surface area contributed by atoms with Gasteiger partial charge < -0.3 is 14.2 Å². The lowest BCUT2D eigenvalue weighted by Crippen LogP contribution is -2.24. The summed E-state index contributed by atoms with van der Waals surface area (Å²) in [5, 5.41) is 1.49. The number of fused-ring (bicyclic) bond motifs is 1. The number of rotatable bonds is 9. The maximum Gasteiger partial charge on any atom is 0.262 e. The van der Waals surface area contributed by atoms with E-state index in [1.165, 1.54) is 4.88 Å². The predicted octanol–water partition coefficient (Wildman–Crippen LogP) is 4.55. The first-order valence-electron chi connectivity index (χ1n) is 10.6. The zero-order valence-corrected chi connectivity index (χ0v) is 19.8. The van der Waals surface area contributed by atoms with E-state index in [0.29, 0.717) is 24.5 Å². The average molecular weight is 461 g/mol. The van der Waals surface area contributed by atoms with Gasteiger partial charge >= 0.3 is 0 Å². The molecule has 1 fully saturated rings. The van der Waals surface area contributed by atoms with Crippen molar-refractivity contribution in [1.29, 1.82) is 0 Å². The molecule has 0 N–H and O–H groups in total. The monoisotopic (exact) mass is 460 g/mol. The van der Waals surface area contributed by atoms with Gasteiger partial charge in [-0.15, -0.1) is 11.3 Å². The van der Waals surface area contributed by atoms with Gasteiger partial charge in [0.25, 0.3) is 5.56 Å². The van der Waals surface area contributed by atoms with Crippen molar-refractivity contribution in [1.82, 2.24) is 9.55 Å². The van der Waals surface area contributed by atoms with Crippen LogP contribution in [0.25, 0.3) is 10.2 Å². The van der Waals surface area contributed by atoms with Gasteiger partial charge in [0.2, 0.25) is 0 Å². The summed E-state index contributed by atoms with van der Waals surface area (Å²) in [7, 11) is 3.26. The molecule has 3 aromatic rings. The lowest BCUT2D eigenvalue weighted by Gasteiger charge is -2.14. The Kier molecular flexibility index (Phi) is 7.20. The highest BCUT2D eigenvalue weighted by Crippen LogP contribution is 2.29. The lowest BCUT2D eigenvalue weighted by atomic mass is 10.1. The number of aromatic nitrogens is 2. The number of thioether (sulfide) groups is 1. The second kappa shape index (κ2) is 10.1. The third kappa shape index (κ3) is 4.91. The summed E-state index contributed by atoms with van der Waals surface area (Å²) < 4.78 is 18.3. The van der Waals surface area contributed by atoms with Gasteiger partial charge in [0.1, 0.15) is 4.83 Å². The molecule has 2 aromatic heterocycles. The van der Waals surface area contributed by atoms with E-state index in [9.17, 15) is 4.79 Å². The van der Waals surface area contributed by atoms with Crippen molar-refractivity contribution >= 4 is 33.3 Å². The van der Waals surface area contributed by atoms with Crippen molar-refractivity contribution in [3.8, 4) is 11.5 Å². The van der Waals surface area contributed by atoms with E-state index in [0.717, 1.165) is 52.6 Å². The van der Waals surface area contributed by atoms with Crippen LogP contribution in [0.5, 0.6) is 11.5 Å². The fourth-order valence-electron chi connectivity index (χ4n) is 3.75. The van der Waals surface area contributed by atoms with Crippen LogP contribution in [0.2, 0.25) is 0 Å². The largest absolute Gasteiger partial charge is 0.493 e. The molecule has 1 aliphatic rings. The predicted molar refractivity (Wildman–Crippen MR) is 126 cm³/mol. The summed E-state index contributed by atoms with van der Waals surface area (Å²) in [6.07, 6.45) is 4.03. The third-order valence-electron chi connectivity index (χ3n) is 5.51. The molecule has 0 saturated carbocycles. The minimum Gasteiger partial charge on any atom is -0.493 e. The van der Waals surface area contributed by atoms with Crippen LogP contribution in [-0.2, 0) is 24.1 Å². The molecule has 0 radical (unpaired) electrons. The number of aryl methyl sites for hydroxylation is 2. The lowest BCUT2D eigenvalue weighted by molar-refractivity contribution is 0.129. The van der Waals surface area contributed by atoms with E-state index < -0.39 is 0 Å². The first-order chi connectivity index (χ1) is 15.1. The van der Waals surface area contributed by atoms with Gasteiger partial charge in [-0.1, -0.05) is 24.8 Å². The first-order valence-corrected chi connectivity index (χ1v) is 12.4. The first kappa shape index (κ1) is 22.2. The summed E-state index contributed by atoms with van der Waals surface area (Å²) in [5.74, 6) is 2.21. The highest BCUT2D eigenvalue weighted by molar-refractivity contribution is 7.99. The van der Waals surface area contributed by atoms with Gasteiger partial charge in [0.15, 0.2) is 16.7 Å². The summed E-state index contributed by atoms with van der Waals surface area (Å²) in [6, 6.07) is 7.88. The summed E-state index contributed by atoms with van der Waals surface area (Å²) in [4.78, 5) is 20.3. The third-order valence-corrected chi connectivity index (χ3v) is 7.79. The maximum absolute atomic E-state index is 13.4. The zero-order valence-electron chi connectivity index (χ0n) is 18.2. The van der Waals surface area contributed by atoms with Gasteiger partial charge in [0, 0.05) is 23.8 Å². The Bertz CT molecular complexity index is 1100. The minimum absolute atomic E-state index is 0.0382. The molecule has 1 aromatic carbocycles. The number of hydrogen-bond donors (Lipinski definition) is 0. The molecule has 4 rings (SSSR count). The summed E-state index contributed by atoms with van der Waals surface area (Å²) in [5.41, 5.74) is 1.12. The molecule has 0 bridgehead atoms. The fourth-order valence-corrected chi connectivity index (χ4v) is 5.85. The normalized spacial score (nSPS) is 16.2. The quantitative estimate of drug-likeness (QED) is 0.345. The van der Waals surface area contributed by atoms with Crippen LogP contribution < -0.4 is 15.0 Å². The molecule has 8 heteroatoms. The molecule has 1 aliphatic heterocycles. The Morgan fingerprint density at radius 1 is 1.26 bits per heavy atom. The topological polar surface area (TPSA) is 62.6 Å². The van der Waals surface area contributed by atoms with Crippen molar-refractivity contribution < 1.29 is 14.2 Å². The van der Waals surface area contributed by atoms with Crippen LogP contribution in [0.4, 0.5) is 0 Å². The van der Waals surface area contributed by atoms with Crippen LogP contribution >= 0.6 is 23.1 Å². The van der Waals surface area contributed by atoms with Crippen LogP contribution in [-0.4, -0.2) is 42.2 Å². The molecule has 0 unspecified atom stereocenters. The molecule has 0 aliphatic carbocycles. The standard InChI is InChI=1S/C23H28N2O4S2/c1-4-17-13-18-21(31-17)24-23(30-14-16-6-5-11-29-16)25(22(18)26)10-9-15-7-8-19(27-2)20(12-15)28-3/h7-8,12-13,16H,4-6,9-11,14H2,1-3H3/t16-/m1/s1. The van der Waals surface area contributed by atoms with Gasteiger partial charge in [-0.25, -0.2) is 4.98 Å². The molecular formula is C23H28N2O4S2. The van der Waals surface area contributed by atoms with Crippen molar-refractivity contribution in [2.45, 2.75) is 50.4 Å². The molecule has 0 amide bonds. The van der Waals surface area contributed by atoms with Gasteiger partial charge in [0.05, 0.1) is 25.7 Å². The van der Waals surface area contributed by atoms with Crippen molar-refractivity contribution in [2.75, 3.05) is 26.6 Å². The van der Waals surface area contributed by atoms with Crippen molar-refractivity contribution in [3.05, 3.63) is 45.1 Å². The number of ether oxygens (including phenoxy) is 3. The van der Waals surface area contributed by atoms with E-state index in [1.807, 2.05) is 28.8 Å². The maximum atomic E-state index is 13.4. The van der Waals surface area contributed by atoms with Crippen LogP contribution in [0.1, 0.15) is 30.2 Å². The molecule has 6 nitrogen and oxygen atoms in total. The highest BCUT2D eigenvalue weighted by atomic mass is 32.2. The number of hydrogen-bond acceptors (Lipinski definition) is 7. The molecule has 31 heavy (non-hydrogen) atoms. The highest BCUT2D eigenvalue weighted by Gasteiger charge is 2.19. The number of benzene rings is 1. The Morgan fingerprint density at radius 3 is 2.81 bits per heavy atom. The van der Waals surface area contributed by atoms with Crippen LogP contribution in [0.15, 0.2) is 34.2 Å². The number of thiophene rings is 1. The fraction of sp³-hybridized carbons (Fsp3) is 0.478. The van der Waals surface area contributed by atoms with Crippen molar-refractivity contribution in [2.24, 2.45) is 0 Å². The second-order valence-corrected chi connectivity index (χ2v) is 9.62. The average Bonchev–Trinajstić information content (AvgIpc) is 3.46. The van der Waals surface area contributed by atoms with Crippen LogP contribution in [0, 0.1) is 0 Å². The van der Waals surface area contributed by atoms with Gasteiger partial charge in [-0.2, -0.15) is 0 Å². The Hall–Kier alpha value is -2.03. The number of nitrogens with zero attached hydrogens (tertiary/aromatic N) is 2. The van der Waals surface area contributed by atoms with E-state index in [1.54, 1.807) is 37.3 Å². The second-order valence-electron chi connectivity index (χ2n) is 7.52. The number of methoxy groups -OCH3 is 2.